The van der Waals surface area contributed by atoms with Crippen LogP contribution in [-0.2, 0) is 14.6 Å². The smallest absolute Gasteiger partial charge is 0.410 e. The Morgan fingerprint density at radius 2 is 1.97 bits per heavy atom. The van der Waals surface area contributed by atoms with Crippen molar-refractivity contribution >= 4 is 26.7 Å². The number of fused-ring (bicyclic) bond motifs is 1. The Hall–Kier alpha value is -2.35. The molecule has 3 rings (SSSR count). The van der Waals surface area contributed by atoms with Crippen molar-refractivity contribution in [2.24, 2.45) is 5.92 Å². The number of carbonyl (C=O) groups is 1. The van der Waals surface area contributed by atoms with Crippen molar-refractivity contribution in [2.75, 3.05) is 26.0 Å². The zero-order chi connectivity index (χ0) is 25.1. The molecule has 1 atom stereocenters. The van der Waals surface area contributed by atoms with E-state index >= 15 is 0 Å². The van der Waals surface area contributed by atoms with E-state index in [0.29, 0.717) is 29.8 Å². The molecule has 1 aromatic carbocycles. The van der Waals surface area contributed by atoms with Gasteiger partial charge in [-0.3, -0.25) is 0 Å². The number of pyridine rings is 1. The minimum absolute atomic E-state index is 0.0632. The fraction of sp³-hybridized carbons (Fsp3) is 0.615. The van der Waals surface area contributed by atoms with Gasteiger partial charge >= 0.3 is 6.09 Å². The molecule has 0 bridgehead atoms. The van der Waals surface area contributed by atoms with E-state index in [1.54, 1.807) is 30.3 Å². The summed E-state index contributed by atoms with van der Waals surface area (Å²) in [5, 5.41) is 1.44. The summed E-state index contributed by atoms with van der Waals surface area (Å²) in [5.41, 5.74) is 0.368. The van der Waals surface area contributed by atoms with Crippen LogP contribution in [0.3, 0.4) is 0 Å². The van der Waals surface area contributed by atoms with E-state index in [1.807, 2.05) is 33.8 Å². The minimum atomic E-state index is -3.63. The van der Waals surface area contributed by atoms with Gasteiger partial charge in [-0.2, -0.15) is 0 Å². The number of methoxy groups -OCH3 is 1. The van der Waals surface area contributed by atoms with Crippen molar-refractivity contribution in [3.63, 3.8) is 0 Å². The molecule has 188 valence electrons. The molecule has 1 heterocycles. The third-order valence-corrected chi connectivity index (χ3v) is 7.90. The zero-order valence-electron chi connectivity index (χ0n) is 21.3. The predicted octanol–water partition coefficient (Wildman–Crippen LogP) is 5.57. The second-order valence-corrected chi connectivity index (χ2v) is 12.3. The van der Waals surface area contributed by atoms with Crippen LogP contribution in [0.15, 0.2) is 29.3 Å². The molecule has 34 heavy (non-hydrogen) atoms. The van der Waals surface area contributed by atoms with E-state index in [4.69, 9.17) is 9.47 Å². The maximum Gasteiger partial charge on any atom is 0.410 e. The van der Waals surface area contributed by atoms with E-state index in [1.165, 1.54) is 0 Å². The van der Waals surface area contributed by atoms with Crippen LogP contribution in [0.25, 0.3) is 10.8 Å². The number of hydrogen-bond donors (Lipinski definition) is 0. The number of hydrogen-bond acceptors (Lipinski definition) is 6. The Labute approximate surface area is 203 Å². The second kappa shape index (κ2) is 10.5. The largest absolute Gasteiger partial charge is 0.481 e. The number of sulfone groups is 1. The van der Waals surface area contributed by atoms with Crippen LogP contribution in [0, 0.1) is 5.92 Å². The number of aromatic nitrogens is 1. The van der Waals surface area contributed by atoms with Gasteiger partial charge in [0.25, 0.3) is 0 Å². The molecule has 2 aromatic rings. The Balaban J connectivity index is 1.88. The maximum atomic E-state index is 13.6. The average molecular weight is 491 g/mol. The van der Waals surface area contributed by atoms with Crippen LogP contribution in [0.1, 0.15) is 71.8 Å². The number of carbonyl (C=O) groups excluding carboxylic acids is 1. The van der Waals surface area contributed by atoms with E-state index in [-0.39, 0.29) is 11.7 Å². The lowest BCUT2D eigenvalue weighted by Gasteiger charge is -2.29. The van der Waals surface area contributed by atoms with E-state index < -0.39 is 21.5 Å². The Bertz CT molecular complexity index is 1120. The molecule has 1 aromatic heterocycles. The minimum Gasteiger partial charge on any atom is -0.481 e. The molecule has 1 saturated carbocycles. The van der Waals surface area contributed by atoms with Gasteiger partial charge in [0.05, 0.1) is 17.8 Å². The third-order valence-electron chi connectivity index (χ3n) is 5.88. The molecule has 0 N–H and O–H groups in total. The predicted molar refractivity (Wildman–Crippen MR) is 134 cm³/mol. The normalized spacial score (nSPS) is 15.2. The van der Waals surface area contributed by atoms with Gasteiger partial charge in [-0.15, -0.1) is 0 Å². The van der Waals surface area contributed by atoms with Crippen LogP contribution in [0.2, 0.25) is 0 Å². The van der Waals surface area contributed by atoms with Gasteiger partial charge in [-0.05, 0) is 69.6 Å². The molecule has 1 aliphatic rings. The van der Waals surface area contributed by atoms with Crippen LogP contribution in [-0.4, -0.2) is 55.9 Å². The van der Waals surface area contributed by atoms with Crippen molar-refractivity contribution in [1.82, 2.24) is 9.88 Å². The van der Waals surface area contributed by atoms with Crippen molar-refractivity contribution in [2.45, 2.75) is 76.7 Å². The summed E-state index contributed by atoms with van der Waals surface area (Å²) in [4.78, 5) is 19.1. The highest BCUT2D eigenvalue weighted by Gasteiger charge is 2.31. The summed E-state index contributed by atoms with van der Waals surface area (Å²) < 4.78 is 38.3. The van der Waals surface area contributed by atoms with E-state index in [9.17, 15) is 13.2 Å². The van der Waals surface area contributed by atoms with Crippen molar-refractivity contribution in [3.05, 3.63) is 30.0 Å². The van der Waals surface area contributed by atoms with Crippen LogP contribution < -0.4 is 4.74 Å². The molecule has 0 aliphatic heterocycles. The Morgan fingerprint density at radius 3 is 2.56 bits per heavy atom. The number of nitrogens with zero attached hydrogens (tertiary/aromatic N) is 2. The summed E-state index contributed by atoms with van der Waals surface area (Å²) in [6.07, 6.45) is 5.20. The van der Waals surface area contributed by atoms with Gasteiger partial charge in [0.1, 0.15) is 5.60 Å². The second-order valence-electron chi connectivity index (χ2n) is 10.3. The van der Waals surface area contributed by atoms with Crippen LogP contribution in [0.5, 0.6) is 5.88 Å². The highest BCUT2D eigenvalue weighted by molar-refractivity contribution is 7.91. The highest BCUT2D eigenvalue weighted by Crippen LogP contribution is 2.45. The lowest BCUT2D eigenvalue weighted by atomic mass is 10.0. The third kappa shape index (κ3) is 6.40. The Kier molecular flexibility index (Phi) is 8.11. The lowest BCUT2D eigenvalue weighted by molar-refractivity contribution is 0.0226. The first kappa shape index (κ1) is 26.3. The molecule has 7 nitrogen and oxygen atoms in total. The fourth-order valence-electron chi connectivity index (χ4n) is 4.22. The topological polar surface area (TPSA) is 85.8 Å². The molecule has 1 fully saturated rings. The van der Waals surface area contributed by atoms with Gasteiger partial charge in [-0.25, -0.2) is 18.2 Å². The lowest BCUT2D eigenvalue weighted by Crippen LogP contribution is -2.40. The number of ether oxygens (including phenoxy) is 2. The molecular weight excluding hydrogens is 452 g/mol. The van der Waals surface area contributed by atoms with Crippen LogP contribution in [0.4, 0.5) is 4.79 Å². The summed E-state index contributed by atoms with van der Waals surface area (Å²) in [6, 6.07) is 5.29. The first-order valence-corrected chi connectivity index (χ1v) is 13.8. The number of amides is 1. The monoisotopic (exact) mass is 490 g/mol. The van der Waals surface area contributed by atoms with Crippen molar-refractivity contribution in [1.29, 1.82) is 0 Å². The molecule has 1 aliphatic carbocycles. The zero-order valence-corrected chi connectivity index (χ0v) is 22.1. The summed E-state index contributed by atoms with van der Waals surface area (Å²) in [7, 11) is -2.08. The van der Waals surface area contributed by atoms with Crippen molar-refractivity contribution < 1.29 is 22.7 Å². The van der Waals surface area contributed by atoms with E-state index in [0.717, 1.165) is 42.0 Å². The average Bonchev–Trinajstić information content (AvgIpc) is 3.59. The highest BCUT2D eigenvalue weighted by atomic mass is 32.2. The van der Waals surface area contributed by atoms with Crippen molar-refractivity contribution in [3.8, 4) is 5.88 Å². The van der Waals surface area contributed by atoms with Gasteiger partial charge < -0.3 is 14.4 Å². The van der Waals surface area contributed by atoms with Gasteiger partial charge in [0, 0.05) is 30.1 Å². The number of benzene rings is 1. The number of rotatable bonds is 10. The fourth-order valence-corrected chi connectivity index (χ4v) is 6.08. The summed E-state index contributed by atoms with van der Waals surface area (Å²) in [5.74, 6) is 0.441. The summed E-state index contributed by atoms with van der Waals surface area (Å²) >= 11 is 0. The maximum absolute atomic E-state index is 13.6. The van der Waals surface area contributed by atoms with Crippen LogP contribution >= 0.6 is 0 Å². The molecular formula is C26H38N2O5S. The Morgan fingerprint density at radius 1 is 1.26 bits per heavy atom. The van der Waals surface area contributed by atoms with E-state index in [2.05, 4.69) is 11.9 Å². The quantitative estimate of drug-likeness (QED) is 0.433. The summed E-state index contributed by atoms with van der Waals surface area (Å²) in [6.45, 7) is 10.3. The van der Waals surface area contributed by atoms with Gasteiger partial charge in [0.15, 0.2) is 9.84 Å². The first-order valence-electron chi connectivity index (χ1n) is 12.1. The SMILES string of the molecule is CCCCN(CC(C)CS(=O)(=O)c1cccc2c(OC)ncc(C3CC3)c12)C(=O)OC(C)(C)C. The molecule has 0 radical (unpaired) electrons. The molecule has 1 amide bonds. The first-order chi connectivity index (χ1) is 16.0. The molecule has 1 unspecified atom stereocenters. The van der Waals surface area contributed by atoms with Gasteiger partial charge in [-0.1, -0.05) is 26.3 Å². The van der Waals surface area contributed by atoms with Gasteiger partial charge in [0.2, 0.25) is 5.88 Å². The molecule has 8 heteroatoms. The molecule has 0 saturated heterocycles. The standard InChI is InChI=1S/C26H38N2O5S/c1-7-8-14-28(25(29)33-26(3,4)5)16-18(2)17-34(30,31)22-11-9-10-20-23(22)21(19-12-13-19)15-27-24(20)32-6/h9-11,15,18-19H,7-8,12-14,16-17H2,1-6H3. The number of unbranched alkanes of at least 4 members (excludes halogenated alkanes) is 1. The molecule has 0 spiro atoms.